The van der Waals surface area contributed by atoms with E-state index in [0.717, 1.165) is 60.3 Å². The van der Waals surface area contributed by atoms with Crippen LogP contribution in [0.2, 0.25) is 0 Å². The maximum Gasteiger partial charge on any atom is 0.198 e. The molecule has 0 spiro atoms. The highest BCUT2D eigenvalue weighted by atomic mass is 16.3. The Balaban J connectivity index is 1.62. The molecule has 0 fully saturated rings. The Kier molecular flexibility index (Phi) is 5.53. The molecule has 0 unspecified atom stereocenters. The van der Waals surface area contributed by atoms with E-state index in [1.54, 1.807) is 0 Å². The molecule has 0 saturated heterocycles. The van der Waals surface area contributed by atoms with Crippen molar-refractivity contribution in [2.75, 3.05) is 31.5 Å². The monoisotopic (exact) mass is 374 g/mol. The molecule has 0 aliphatic rings. The van der Waals surface area contributed by atoms with Gasteiger partial charge in [-0.3, -0.25) is 0 Å². The van der Waals surface area contributed by atoms with E-state index in [2.05, 4.69) is 30.1 Å². The van der Waals surface area contributed by atoms with Crippen molar-refractivity contribution in [2.45, 2.75) is 20.3 Å². The van der Waals surface area contributed by atoms with Crippen LogP contribution in [0.1, 0.15) is 20.3 Å². The summed E-state index contributed by atoms with van der Waals surface area (Å²) in [6, 6.07) is 18.1. The molecule has 4 rings (SSSR count). The fourth-order valence-electron chi connectivity index (χ4n) is 3.46. The fraction of sp³-hybridized carbons (Fsp3) is 0.304. The van der Waals surface area contributed by atoms with E-state index in [-0.39, 0.29) is 0 Å². The Morgan fingerprint density at radius 2 is 1.75 bits per heavy atom. The molecule has 1 N–H and O–H groups in total. The van der Waals surface area contributed by atoms with Gasteiger partial charge in [-0.1, -0.05) is 44.2 Å². The summed E-state index contributed by atoms with van der Waals surface area (Å²) in [7, 11) is 0. The van der Waals surface area contributed by atoms with E-state index < -0.39 is 0 Å². The van der Waals surface area contributed by atoms with Crippen molar-refractivity contribution < 1.29 is 4.42 Å². The summed E-state index contributed by atoms with van der Waals surface area (Å²) in [5.41, 5.74) is 1.77. The van der Waals surface area contributed by atoms with Gasteiger partial charge < -0.3 is 14.6 Å². The second-order valence-electron chi connectivity index (χ2n) is 6.87. The average molecular weight is 374 g/mol. The minimum absolute atomic E-state index is 0.612. The van der Waals surface area contributed by atoms with Crippen LogP contribution in [0.25, 0.3) is 33.5 Å². The quantitative estimate of drug-likeness (QED) is 0.430. The highest BCUT2D eigenvalue weighted by molar-refractivity contribution is 5.91. The van der Waals surface area contributed by atoms with Crippen LogP contribution < -0.4 is 5.32 Å². The predicted octanol–water partition coefficient (Wildman–Crippen LogP) is 5.19. The third-order valence-corrected chi connectivity index (χ3v) is 5.09. The number of hydrogen-bond acceptors (Lipinski definition) is 5. The van der Waals surface area contributed by atoms with E-state index in [1.807, 2.05) is 48.5 Å². The maximum atomic E-state index is 5.98. The Bertz CT molecular complexity index is 1040. The first-order valence-corrected chi connectivity index (χ1v) is 10.0. The third kappa shape index (κ3) is 3.85. The van der Waals surface area contributed by atoms with Crippen LogP contribution in [-0.2, 0) is 0 Å². The number of para-hydroxylation sites is 2. The smallest absolute Gasteiger partial charge is 0.198 e. The Labute approximate surface area is 165 Å². The standard InChI is InChI=1S/C23H26N4O/c1-3-27(4-2)15-9-14-24-22-18-11-6-7-12-19(18)25-23(26-22)21-16-17-10-5-8-13-20(17)28-21/h5-8,10-13,16H,3-4,9,14-15H2,1-2H3,(H,24,25,26). The number of anilines is 1. The van der Waals surface area contributed by atoms with Crippen LogP contribution in [0.5, 0.6) is 0 Å². The molecule has 0 bridgehead atoms. The summed E-state index contributed by atoms with van der Waals surface area (Å²) in [5.74, 6) is 2.17. The number of benzene rings is 2. The largest absolute Gasteiger partial charge is 0.453 e. The fourth-order valence-corrected chi connectivity index (χ4v) is 3.46. The Morgan fingerprint density at radius 3 is 2.57 bits per heavy atom. The van der Waals surface area contributed by atoms with Crippen molar-refractivity contribution in [1.29, 1.82) is 0 Å². The molecule has 0 aliphatic carbocycles. The molecule has 0 atom stereocenters. The van der Waals surface area contributed by atoms with Crippen LogP contribution in [0.4, 0.5) is 5.82 Å². The molecular formula is C23H26N4O. The van der Waals surface area contributed by atoms with Gasteiger partial charge in [-0.2, -0.15) is 0 Å². The number of fused-ring (bicyclic) bond motifs is 2. The molecule has 144 valence electrons. The lowest BCUT2D eigenvalue weighted by Gasteiger charge is -2.18. The molecule has 0 amide bonds. The van der Waals surface area contributed by atoms with Gasteiger partial charge >= 0.3 is 0 Å². The molecule has 28 heavy (non-hydrogen) atoms. The topological polar surface area (TPSA) is 54.2 Å². The van der Waals surface area contributed by atoms with E-state index in [4.69, 9.17) is 14.4 Å². The van der Waals surface area contributed by atoms with Gasteiger partial charge in [0.15, 0.2) is 11.6 Å². The van der Waals surface area contributed by atoms with Crippen LogP contribution in [0, 0.1) is 0 Å². The molecular weight excluding hydrogens is 348 g/mol. The van der Waals surface area contributed by atoms with Gasteiger partial charge in [-0.15, -0.1) is 0 Å². The van der Waals surface area contributed by atoms with E-state index in [0.29, 0.717) is 11.6 Å². The molecule has 0 saturated carbocycles. The summed E-state index contributed by atoms with van der Waals surface area (Å²) in [5, 5.41) is 5.61. The lowest BCUT2D eigenvalue weighted by molar-refractivity contribution is 0.303. The SMILES string of the molecule is CCN(CC)CCCNc1nc(-c2cc3ccccc3o2)nc2ccccc12. The van der Waals surface area contributed by atoms with Crippen LogP contribution in [0.3, 0.4) is 0 Å². The molecule has 5 nitrogen and oxygen atoms in total. The summed E-state index contributed by atoms with van der Waals surface area (Å²) in [4.78, 5) is 12.0. The number of nitrogens with zero attached hydrogens (tertiary/aromatic N) is 3. The lowest BCUT2D eigenvalue weighted by atomic mass is 10.2. The molecule has 5 heteroatoms. The molecule has 4 aromatic rings. The maximum absolute atomic E-state index is 5.98. The first-order valence-electron chi connectivity index (χ1n) is 10.0. The summed E-state index contributed by atoms with van der Waals surface area (Å²) in [6.45, 7) is 8.53. The minimum Gasteiger partial charge on any atom is -0.453 e. The highest BCUT2D eigenvalue weighted by Crippen LogP contribution is 2.29. The highest BCUT2D eigenvalue weighted by Gasteiger charge is 2.13. The number of furan rings is 1. The normalized spacial score (nSPS) is 11.5. The van der Waals surface area contributed by atoms with Crippen molar-refractivity contribution in [3.8, 4) is 11.6 Å². The molecule has 2 heterocycles. The van der Waals surface area contributed by atoms with Gasteiger partial charge in [0.25, 0.3) is 0 Å². The Morgan fingerprint density at radius 1 is 0.964 bits per heavy atom. The minimum atomic E-state index is 0.612. The van der Waals surface area contributed by atoms with E-state index in [9.17, 15) is 0 Å². The van der Waals surface area contributed by atoms with Crippen LogP contribution in [0.15, 0.2) is 59.0 Å². The number of rotatable bonds is 8. The summed E-state index contributed by atoms with van der Waals surface area (Å²) < 4.78 is 5.98. The zero-order valence-corrected chi connectivity index (χ0v) is 16.5. The molecule has 2 aromatic heterocycles. The van der Waals surface area contributed by atoms with Gasteiger partial charge in [-0.25, -0.2) is 9.97 Å². The first kappa shape index (κ1) is 18.4. The van der Waals surface area contributed by atoms with Crippen molar-refractivity contribution in [3.05, 3.63) is 54.6 Å². The van der Waals surface area contributed by atoms with Gasteiger partial charge in [0.1, 0.15) is 11.4 Å². The average Bonchev–Trinajstić information content (AvgIpc) is 3.18. The second kappa shape index (κ2) is 8.40. The summed E-state index contributed by atoms with van der Waals surface area (Å²) >= 11 is 0. The number of hydrogen-bond donors (Lipinski definition) is 1. The molecule has 2 aromatic carbocycles. The molecule has 0 aliphatic heterocycles. The zero-order valence-electron chi connectivity index (χ0n) is 16.5. The molecule has 0 radical (unpaired) electrons. The summed E-state index contributed by atoms with van der Waals surface area (Å²) in [6.07, 6.45) is 1.07. The van der Waals surface area contributed by atoms with Crippen LogP contribution >= 0.6 is 0 Å². The van der Waals surface area contributed by atoms with E-state index >= 15 is 0 Å². The lowest BCUT2D eigenvalue weighted by Crippen LogP contribution is -2.25. The van der Waals surface area contributed by atoms with Gasteiger partial charge in [0.2, 0.25) is 0 Å². The third-order valence-electron chi connectivity index (χ3n) is 5.09. The zero-order chi connectivity index (χ0) is 19.3. The number of nitrogens with one attached hydrogen (secondary N) is 1. The number of aromatic nitrogens is 2. The van der Waals surface area contributed by atoms with Crippen molar-refractivity contribution in [3.63, 3.8) is 0 Å². The second-order valence-corrected chi connectivity index (χ2v) is 6.87. The van der Waals surface area contributed by atoms with Gasteiger partial charge in [-0.05, 0) is 50.3 Å². The van der Waals surface area contributed by atoms with Crippen molar-refractivity contribution in [1.82, 2.24) is 14.9 Å². The van der Waals surface area contributed by atoms with Crippen molar-refractivity contribution >= 4 is 27.7 Å². The Hall–Kier alpha value is -2.92. The van der Waals surface area contributed by atoms with Crippen LogP contribution in [-0.4, -0.2) is 41.0 Å². The van der Waals surface area contributed by atoms with E-state index in [1.165, 1.54) is 0 Å². The first-order chi connectivity index (χ1) is 13.8. The van der Waals surface area contributed by atoms with Crippen molar-refractivity contribution in [2.24, 2.45) is 0 Å². The van der Waals surface area contributed by atoms with Gasteiger partial charge in [0, 0.05) is 17.3 Å². The predicted molar refractivity (Wildman–Crippen MR) is 116 cm³/mol. The van der Waals surface area contributed by atoms with Gasteiger partial charge in [0.05, 0.1) is 5.52 Å².